The Kier molecular flexibility index (Phi) is 3.20. The van der Waals surface area contributed by atoms with Crippen molar-refractivity contribution >= 4 is 28.6 Å². The standard InChI is InChI=1S/C22H22N2O5/c1-3-15-20(21(26)22(23)27)19-16(24(15)12-14-8-5-4-6-9-14)10-7-11-17(19)29-13-18(25)28-2/h4-11H,3,12-13H2,1-2H3,(H2,23,27)/i1D3,2D3,3D2,12D2. The molecule has 0 radical (unpaired) electrons. The number of hydrogen-bond donors (Lipinski definition) is 1. The highest BCUT2D eigenvalue weighted by molar-refractivity contribution is 6.45. The number of primary amides is 1. The van der Waals surface area contributed by atoms with Crippen LogP contribution in [0.25, 0.3) is 10.9 Å². The van der Waals surface area contributed by atoms with Crippen molar-refractivity contribution in [1.82, 2.24) is 4.57 Å². The molecule has 1 amide bonds. The van der Waals surface area contributed by atoms with Gasteiger partial charge in [-0.25, -0.2) is 4.79 Å². The van der Waals surface area contributed by atoms with Crippen LogP contribution in [-0.2, 0) is 27.2 Å². The van der Waals surface area contributed by atoms with Crippen molar-refractivity contribution in [3.05, 3.63) is 65.4 Å². The molecule has 0 saturated carbocycles. The van der Waals surface area contributed by atoms with Crippen LogP contribution in [0.15, 0.2) is 48.5 Å². The lowest BCUT2D eigenvalue weighted by molar-refractivity contribution is -0.142. The van der Waals surface area contributed by atoms with E-state index in [1.165, 1.54) is 42.5 Å². The number of hydrogen-bond acceptors (Lipinski definition) is 5. The Labute approximate surface area is 182 Å². The highest BCUT2D eigenvalue weighted by Crippen LogP contribution is 2.35. The maximum Gasteiger partial charge on any atom is 0.343 e. The van der Waals surface area contributed by atoms with Crippen molar-refractivity contribution in [1.29, 1.82) is 0 Å². The van der Waals surface area contributed by atoms with E-state index in [1.807, 2.05) is 0 Å². The molecule has 3 rings (SSSR count). The first-order valence-electron chi connectivity index (χ1n) is 13.2. The first-order valence-corrected chi connectivity index (χ1v) is 8.23. The first kappa shape index (κ1) is 10.8. The van der Waals surface area contributed by atoms with Crippen molar-refractivity contribution in [3.8, 4) is 5.75 Å². The number of Topliss-reactive ketones (excluding diaryl/α,β-unsaturated/α-hetero) is 1. The van der Waals surface area contributed by atoms with Crippen molar-refractivity contribution in [2.24, 2.45) is 5.73 Å². The topological polar surface area (TPSA) is 101 Å². The number of nitrogens with two attached hydrogens (primary N) is 1. The molecule has 7 nitrogen and oxygen atoms in total. The molecule has 0 aliphatic heterocycles. The molecule has 29 heavy (non-hydrogen) atoms. The Morgan fingerprint density at radius 1 is 1.14 bits per heavy atom. The second kappa shape index (κ2) is 8.60. The Bertz CT molecular complexity index is 1430. The van der Waals surface area contributed by atoms with E-state index in [1.54, 1.807) is 6.07 Å². The highest BCUT2D eigenvalue weighted by Gasteiger charge is 2.27. The van der Waals surface area contributed by atoms with Gasteiger partial charge in [0.05, 0.1) is 30.4 Å². The van der Waals surface area contributed by atoms with Crippen LogP contribution in [0.1, 0.15) is 42.2 Å². The molecular weight excluding hydrogens is 372 g/mol. The predicted octanol–water partition coefficient (Wildman–Crippen LogP) is 2.47. The maximum atomic E-state index is 13.1. The van der Waals surface area contributed by atoms with E-state index in [0.29, 0.717) is 4.57 Å². The molecule has 1 heterocycles. The fourth-order valence-corrected chi connectivity index (χ4v) is 2.81. The third-order valence-corrected chi connectivity index (χ3v) is 4.00. The zero-order chi connectivity index (χ0) is 29.6. The predicted molar refractivity (Wildman–Crippen MR) is 108 cm³/mol. The molecule has 1 aromatic heterocycles. The summed E-state index contributed by atoms with van der Waals surface area (Å²) in [7, 11) is -3.09. The number of ketones is 1. The lowest BCUT2D eigenvalue weighted by Gasteiger charge is -2.11. The van der Waals surface area contributed by atoms with E-state index in [4.69, 9.17) is 24.2 Å². The van der Waals surface area contributed by atoms with E-state index in [-0.39, 0.29) is 11.1 Å². The summed E-state index contributed by atoms with van der Waals surface area (Å²) in [6.07, 6.45) is -3.42. The summed E-state index contributed by atoms with van der Waals surface area (Å²) in [6, 6.07) is 10.9. The molecule has 7 heteroatoms. The van der Waals surface area contributed by atoms with E-state index >= 15 is 0 Å². The smallest absolute Gasteiger partial charge is 0.343 e. The minimum atomic E-state index is -3.47. The van der Waals surface area contributed by atoms with Gasteiger partial charge in [0.1, 0.15) is 5.75 Å². The van der Waals surface area contributed by atoms with Gasteiger partial charge >= 0.3 is 5.97 Å². The first-order chi connectivity index (χ1) is 17.8. The van der Waals surface area contributed by atoms with E-state index in [9.17, 15) is 14.4 Å². The second-order valence-corrected chi connectivity index (χ2v) is 5.77. The quantitative estimate of drug-likeness (QED) is 0.353. The molecule has 3 aromatic rings. The summed E-state index contributed by atoms with van der Waals surface area (Å²) in [6.45, 7) is -7.19. The van der Waals surface area contributed by atoms with Gasteiger partial charge in [0.15, 0.2) is 6.61 Å². The third kappa shape index (κ3) is 3.99. The summed E-state index contributed by atoms with van der Waals surface area (Å²) in [4.78, 5) is 37.1. The number of methoxy groups -OCH3 is 1. The molecule has 0 aliphatic rings. The van der Waals surface area contributed by atoms with E-state index < -0.39 is 73.4 Å². The number of benzene rings is 2. The zero-order valence-electron chi connectivity index (χ0n) is 24.9. The van der Waals surface area contributed by atoms with Gasteiger partial charge in [-0.15, -0.1) is 0 Å². The lowest BCUT2D eigenvalue weighted by atomic mass is 10.0. The maximum absolute atomic E-state index is 13.1. The number of rotatable bonds is 8. The van der Waals surface area contributed by atoms with Crippen molar-refractivity contribution in [2.45, 2.75) is 19.7 Å². The number of aromatic nitrogens is 1. The van der Waals surface area contributed by atoms with Gasteiger partial charge in [-0.2, -0.15) is 0 Å². The monoisotopic (exact) mass is 404 g/mol. The molecule has 0 unspecified atom stereocenters. The number of ether oxygens (including phenoxy) is 2. The van der Waals surface area contributed by atoms with Crippen LogP contribution < -0.4 is 10.5 Å². The summed E-state index contributed by atoms with van der Waals surface area (Å²) in [5.41, 5.74) is 2.97. The number of amides is 1. The van der Waals surface area contributed by atoms with Crippen molar-refractivity contribution in [2.75, 3.05) is 13.6 Å². The zero-order valence-corrected chi connectivity index (χ0v) is 14.9. The Morgan fingerprint density at radius 3 is 2.62 bits per heavy atom. The lowest BCUT2D eigenvalue weighted by Crippen LogP contribution is -2.24. The Hall–Kier alpha value is -3.61. The number of carbonyl (C=O) groups excluding carboxylic acids is 3. The average molecular weight is 404 g/mol. The van der Waals surface area contributed by atoms with Crippen molar-refractivity contribution in [3.63, 3.8) is 0 Å². The van der Waals surface area contributed by atoms with Gasteiger partial charge in [0, 0.05) is 19.0 Å². The van der Waals surface area contributed by atoms with Gasteiger partial charge in [-0.05, 0) is 24.1 Å². The summed E-state index contributed by atoms with van der Waals surface area (Å²) < 4.78 is 89.5. The van der Waals surface area contributed by atoms with E-state index in [2.05, 4.69) is 4.74 Å². The molecule has 0 spiro atoms. The second-order valence-electron chi connectivity index (χ2n) is 5.77. The van der Waals surface area contributed by atoms with Gasteiger partial charge in [-0.3, -0.25) is 9.59 Å². The van der Waals surface area contributed by atoms with Crippen LogP contribution in [0.5, 0.6) is 5.75 Å². The minimum absolute atomic E-state index is 0.0601. The van der Waals surface area contributed by atoms with Crippen LogP contribution in [0.4, 0.5) is 0 Å². The van der Waals surface area contributed by atoms with E-state index in [0.717, 1.165) is 0 Å². The number of carbonyl (C=O) groups is 3. The van der Waals surface area contributed by atoms with Gasteiger partial charge in [0.25, 0.3) is 11.7 Å². The number of esters is 1. The average Bonchev–Trinajstić information content (AvgIpc) is 3.18. The van der Waals surface area contributed by atoms with Crippen LogP contribution in [0, 0.1) is 0 Å². The molecular formula is C22H22N2O5. The summed E-state index contributed by atoms with van der Waals surface area (Å²) >= 11 is 0. The molecule has 2 aromatic carbocycles. The number of nitrogens with zero attached hydrogens (tertiary/aromatic N) is 1. The van der Waals surface area contributed by atoms with Crippen molar-refractivity contribution < 1.29 is 37.6 Å². The highest BCUT2D eigenvalue weighted by atomic mass is 16.6. The van der Waals surface area contributed by atoms with Gasteiger partial charge in [-0.1, -0.05) is 43.3 Å². The normalized spacial score (nSPS) is 17.7. The molecule has 0 atom stereocenters. The van der Waals surface area contributed by atoms with Crippen LogP contribution >= 0.6 is 0 Å². The molecule has 0 aliphatic carbocycles. The summed E-state index contributed by atoms with van der Waals surface area (Å²) in [5.74, 6) is -4.89. The molecule has 2 N–H and O–H groups in total. The fraction of sp³-hybridized carbons (Fsp3) is 0.227. The Balaban J connectivity index is 2.46. The van der Waals surface area contributed by atoms with Gasteiger partial charge < -0.3 is 19.8 Å². The molecule has 0 fully saturated rings. The Morgan fingerprint density at radius 2 is 1.93 bits per heavy atom. The van der Waals surface area contributed by atoms with Crippen LogP contribution in [0.3, 0.4) is 0 Å². The van der Waals surface area contributed by atoms with Crippen LogP contribution in [-0.4, -0.2) is 35.9 Å². The number of fused-ring (bicyclic) bond motifs is 1. The SMILES string of the molecule is [2H]C([2H])([2H])OC(=O)COc1cccc2c1c(C(=O)C(N)=O)c(C([2H])([2H])C([2H])([2H])[2H])n2C([2H])([2H])c1ccccc1. The molecule has 0 bridgehead atoms. The van der Waals surface area contributed by atoms with Crippen LogP contribution in [0.2, 0.25) is 0 Å². The minimum Gasteiger partial charge on any atom is -0.481 e. The largest absolute Gasteiger partial charge is 0.481 e. The molecule has 0 saturated heterocycles. The summed E-state index contributed by atoms with van der Waals surface area (Å²) in [5, 5.41) is -0.425. The fourth-order valence-electron chi connectivity index (χ4n) is 2.81. The van der Waals surface area contributed by atoms with Gasteiger partial charge in [0.2, 0.25) is 0 Å². The molecule has 150 valence electrons. The third-order valence-electron chi connectivity index (χ3n) is 4.00.